The topological polar surface area (TPSA) is 12.0 Å². The maximum Gasteiger partial charge on any atom is 0.0334 e. The summed E-state index contributed by atoms with van der Waals surface area (Å²) in [5, 5.41) is 3.69. The van der Waals surface area contributed by atoms with Crippen LogP contribution >= 0.6 is 31.9 Å². The quantitative estimate of drug-likeness (QED) is 0.740. The van der Waals surface area contributed by atoms with E-state index in [4.69, 9.17) is 0 Å². The van der Waals surface area contributed by atoms with Gasteiger partial charge in [-0.25, -0.2) is 0 Å². The highest BCUT2D eigenvalue weighted by Gasteiger charge is 2.29. The van der Waals surface area contributed by atoms with E-state index in [1.165, 1.54) is 44.9 Å². The predicted octanol–water partition coefficient (Wildman–Crippen LogP) is 5.46. The van der Waals surface area contributed by atoms with Gasteiger partial charge >= 0.3 is 0 Å². The normalized spacial score (nSPS) is 22.9. The van der Waals surface area contributed by atoms with Crippen molar-refractivity contribution in [2.45, 2.75) is 52.0 Å². The van der Waals surface area contributed by atoms with Gasteiger partial charge in [0, 0.05) is 15.0 Å². The highest BCUT2D eigenvalue weighted by molar-refractivity contribution is 9.11. The highest BCUT2D eigenvalue weighted by Crippen LogP contribution is 2.45. The summed E-state index contributed by atoms with van der Waals surface area (Å²) in [6.07, 6.45) is 3.69. The third-order valence-electron chi connectivity index (χ3n) is 3.84. The van der Waals surface area contributed by atoms with Crippen molar-refractivity contribution >= 4 is 31.9 Å². The first-order valence-corrected chi connectivity index (χ1v) is 8.36. The lowest BCUT2D eigenvalue weighted by atomic mass is 9.80. The first-order chi connectivity index (χ1) is 8.56. The fraction of sp³-hybridized carbons (Fsp3) is 0.600. The van der Waals surface area contributed by atoms with Gasteiger partial charge in [-0.1, -0.05) is 45.7 Å². The molecule has 1 nitrogen and oxygen atoms in total. The molecular weight excluding hydrogens is 354 g/mol. The van der Waals surface area contributed by atoms with Gasteiger partial charge in [-0.05, 0) is 61.4 Å². The molecule has 0 aliphatic heterocycles. The molecule has 1 aromatic rings. The Kier molecular flexibility index (Phi) is 4.90. The van der Waals surface area contributed by atoms with Gasteiger partial charge in [0.05, 0.1) is 0 Å². The molecule has 0 heterocycles. The summed E-state index contributed by atoms with van der Waals surface area (Å²) in [6, 6.07) is 2.74. The molecule has 2 unspecified atom stereocenters. The number of hydrogen-bond donors (Lipinski definition) is 1. The van der Waals surface area contributed by atoms with E-state index in [1.807, 2.05) is 0 Å². The maximum atomic E-state index is 3.80. The molecule has 100 valence electrons. The molecule has 18 heavy (non-hydrogen) atoms. The summed E-state index contributed by atoms with van der Waals surface area (Å²) in [7, 11) is 0. The zero-order valence-electron chi connectivity index (χ0n) is 11.3. The molecule has 0 amide bonds. The van der Waals surface area contributed by atoms with Gasteiger partial charge in [0.1, 0.15) is 0 Å². The molecule has 0 fully saturated rings. The minimum Gasteiger partial charge on any atom is -0.310 e. The second kappa shape index (κ2) is 6.06. The summed E-state index contributed by atoms with van der Waals surface area (Å²) in [5.74, 6) is 0.644. The summed E-state index contributed by atoms with van der Waals surface area (Å²) in [5.41, 5.74) is 4.29. The van der Waals surface area contributed by atoms with E-state index in [0.29, 0.717) is 12.0 Å². The monoisotopic (exact) mass is 373 g/mol. The van der Waals surface area contributed by atoms with E-state index in [-0.39, 0.29) is 0 Å². The number of nitrogens with one attached hydrogen (secondary N) is 1. The van der Waals surface area contributed by atoms with Crippen molar-refractivity contribution in [2.24, 2.45) is 0 Å². The first kappa shape index (κ1) is 14.5. The van der Waals surface area contributed by atoms with Gasteiger partial charge in [0.2, 0.25) is 0 Å². The lowest BCUT2D eigenvalue weighted by molar-refractivity contribution is 0.430. The van der Waals surface area contributed by atoms with Crippen LogP contribution in [0.2, 0.25) is 0 Å². The predicted molar refractivity (Wildman–Crippen MR) is 85.3 cm³/mol. The van der Waals surface area contributed by atoms with Gasteiger partial charge in [0.15, 0.2) is 0 Å². The summed E-state index contributed by atoms with van der Waals surface area (Å²) in [4.78, 5) is 0. The van der Waals surface area contributed by atoms with Gasteiger partial charge in [-0.2, -0.15) is 0 Å². The molecule has 1 N–H and O–H groups in total. The SMILES string of the molecule is CCCNC1CCC(C)c2c(Br)cc(C)c(Br)c21. The van der Waals surface area contributed by atoms with Crippen LogP contribution in [0.3, 0.4) is 0 Å². The van der Waals surface area contributed by atoms with E-state index in [0.717, 1.165) is 6.54 Å². The minimum absolute atomic E-state index is 0.502. The van der Waals surface area contributed by atoms with Crippen molar-refractivity contribution < 1.29 is 0 Å². The van der Waals surface area contributed by atoms with Crippen LogP contribution in [0.1, 0.15) is 61.8 Å². The van der Waals surface area contributed by atoms with Crippen LogP contribution in [0.25, 0.3) is 0 Å². The number of aryl methyl sites for hydroxylation is 1. The molecular formula is C15H21Br2N. The number of fused-ring (bicyclic) bond motifs is 1. The van der Waals surface area contributed by atoms with Gasteiger partial charge in [0.25, 0.3) is 0 Å². The Bertz CT molecular complexity index is 443. The molecule has 1 aromatic carbocycles. The Hall–Kier alpha value is 0.140. The third-order valence-corrected chi connectivity index (χ3v) is 5.55. The Morgan fingerprint density at radius 1 is 1.28 bits per heavy atom. The average molecular weight is 375 g/mol. The minimum atomic E-state index is 0.502. The first-order valence-electron chi connectivity index (χ1n) is 6.78. The zero-order valence-corrected chi connectivity index (χ0v) is 14.5. The molecule has 1 aliphatic rings. The van der Waals surface area contributed by atoms with Crippen molar-refractivity contribution in [1.82, 2.24) is 5.32 Å². The van der Waals surface area contributed by atoms with Crippen LogP contribution in [0.5, 0.6) is 0 Å². The molecule has 0 aromatic heterocycles. The molecule has 0 spiro atoms. The number of halogens is 2. The Morgan fingerprint density at radius 2 is 2.00 bits per heavy atom. The van der Waals surface area contributed by atoms with Crippen molar-refractivity contribution in [3.05, 3.63) is 31.7 Å². The number of benzene rings is 1. The van der Waals surface area contributed by atoms with Gasteiger partial charge < -0.3 is 5.32 Å². The summed E-state index contributed by atoms with van der Waals surface area (Å²) in [6.45, 7) is 7.82. The van der Waals surface area contributed by atoms with E-state index < -0.39 is 0 Å². The molecule has 2 atom stereocenters. The van der Waals surface area contributed by atoms with Crippen LogP contribution < -0.4 is 5.32 Å². The Labute approximate surface area is 127 Å². The van der Waals surface area contributed by atoms with E-state index in [2.05, 4.69) is 64.0 Å². The van der Waals surface area contributed by atoms with Crippen molar-refractivity contribution in [3.63, 3.8) is 0 Å². The van der Waals surface area contributed by atoms with Crippen LogP contribution in [0.4, 0.5) is 0 Å². The molecule has 0 radical (unpaired) electrons. The van der Waals surface area contributed by atoms with E-state index in [1.54, 1.807) is 0 Å². The van der Waals surface area contributed by atoms with Crippen LogP contribution in [0.15, 0.2) is 15.0 Å². The molecule has 0 saturated carbocycles. The van der Waals surface area contributed by atoms with Crippen LogP contribution in [0, 0.1) is 6.92 Å². The van der Waals surface area contributed by atoms with Crippen molar-refractivity contribution in [3.8, 4) is 0 Å². The highest BCUT2D eigenvalue weighted by atomic mass is 79.9. The molecule has 0 saturated heterocycles. The second-order valence-electron chi connectivity index (χ2n) is 5.30. The van der Waals surface area contributed by atoms with Crippen molar-refractivity contribution in [1.29, 1.82) is 0 Å². The van der Waals surface area contributed by atoms with Crippen LogP contribution in [-0.4, -0.2) is 6.54 Å². The zero-order chi connectivity index (χ0) is 13.3. The fourth-order valence-electron chi connectivity index (χ4n) is 2.86. The summed E-state index contributed by atoms with van der Waals surface area (Å²) >= 11 is 7.55. The lowest BCUT2D eigenvalue weighted by Crippen LogP contribution is -2.27. The molecule has 2 rings (SSSR count). The molecule has 1 aliphatic carbocycles. The lowest BCUT2D eigenvalue weighted by Gasteiger charge is -2.33. The Balaban J connectivity index is 2.48. The third kappa shape index (κ3) is 2.68. The average Bonchev–Trinajstić information content (AvgIpc) is 2.34. The summed E-state index contributed by atoms with van der Waals surface area (Å²) < 4.78 is 2.56. The Morgan fingerprint density at radius 3 is 2.67 bits per heavy atom. The largest absolute Gasteiger partial charge is 0.310 e. The van der Waals surface area contributed by atoms with Crippen molar-refractivity contribution in [2.75, 3.05) is 6.54 Å². The molecule has 0 bridgehead atoms. The smallest absolute Gasteiger partial charge is 0.0334 e. The standard InChI is InChI=1S/C15H21Br2N/c1-4-7-18-12-6-5-9(2)13-11(16)8-10(3)15(17)14(12)13/h8-9,12,18H,4-7H2,1-3H3. The van der Waals surface area contributed by atoms with Crippen LogP contribution in [-0.2, 0) is 0 Å². The van der Waals surface area contributed by atoms with E-state index >= 15 is 0 Å². The van der Waals surface area contributed by atoms with E-state index in [9.17, 15) is 0 Å². The fourth-order valence-corrected chi connectivity index (χ4v) is 4.41. The van der Waals surface area contributed by atoms with Gasteiger partial charge in [-0.3, -0.25) is 0 Å². The number of rotatable bonds is 3. The molecule has 3 heteroatoms. The second-order valence-corrected chi connectivity index (χ2v) is 6.95. The maximum absolute atomic E-state index is 3.80. The van der Waals surface area contributed by atoms with Gasteiger partial charge in [-0.15, -0.1) is 0 Å². The number of hydrogen-bond acceptors (Lipinski definition) is 1.